The van der Waals surface area contributed by atoms with E-state index >= 15 is 0 Å². The molecule has 0 saturated heterocycles. The molecular formula is C26H45ClN2O4. The molecule has 0 radical (unpaired) electrons. The molecule has 0 aromatic carbocycles. The van der Waals surface area contributed by atoms with E-state index in [0.717, 1.165) is 12.8 Å². The monoisotopic (exact) mass is 484 g/mol. The zero-order valence-corrected chi connectivity index (χ0v) is 22.5. The van der Waals surface area contributed by atoms with E-state index in [9.17, 15) is 9.59 Å². The minimum atomic E-state index is -0.432. The summed E-state index contributed by atoms with van der Waals surface area (Å²) in [5, 5.41) is 0. The molecule has 0 saturated carbocycles. The SMILES string of the molecule is C=CCN(CC=C)C1CC(C(=O)OCC)=CC(OC(CC)CC)C1N(C(C)=O)C(C)(C)C.Cl. The van der Waals surface area contributed by atoms with Crippen LogP contribution in [0.4, 0.5) is 0 Å². The Morgan fingerprint density at radius 1 is 1.15 bits per heavy atom. The zero-order valence-electron chi connectivity index (χ0n) is 21.6. The quantitative estimate of drug-likeness (QED) is 0.290. The van der Waals surface area contributed by atoms with Crippen LogP contribution in [0.3, 0.4) is 0 Å². The summed E-state index contributed by atoms with van der Waals surface area (Å²) in [5.41, 5.74) is 0.174. The Bertz CT molecular complexity index is 672. The van der Waals surface area contributed by atoms with Crippen LogP contribution in [0.25, 0.3) is 0 Å². The maximum Gasteiger partial charge on any atom is 0.333 e. The molecule has 33 heavy (non-hydrogen) atoms. The number of hydrogen-bond acceptors (Lipinski definition) is 5. The van der Waals surface area contributed by atoms with Crippen molar-refractivity contribution in [3.05, 3.63) is 37.0 Å². The third-order valence-electron chi connectivity index (χ3n) is 5.88. The molecule has 190 valence electrons. The molecule has 0 aromatic rings. The summed E-state index contributed by atoms with van der Waals surface area (Å²) < 4.78 is 11.9. The lowest BCUT2D eigenvalue weighted by Gasteiger charge is -2.51. The first kappa shape index (κ1) is 31.4. The average Bonchev–Trinajstić information content (AvgIpc) is 2.71. The predicted octanol–water partition coefficient (Wildman–Crippen LogP) is 4.93. The molecule has 1 rings (SSSR count). The van der Waals surface area contributed by atoms with Gasteiger partial charge in [0.2, 0.25) is 5.91 Å². The van der Waals surface area contributed by atoms with Gasteiger partial charge in [-0.15, -0.1) is 25.6 Å². The highest BCUT2D eigenvalue weighted by Gasteiger charge is 2.46. The lowest BCUT2D eigenvalue weighted by atomic mass is 9.83. The van der Waals surface area contributed by atoms with Crippen molar-refractivity contribution in [1.82, 2.24) is 9.80 Å². The van der Waals surface area contributed by atoms with Crippen LogP contribution in [0.2, 0.25) is 0 Å². The number of ether oxygens (including phenoxy) is 2. The van der Waals surface area contributed by atoms with Gasteiger partial charge in [-0.25, -0.2) is 4.79 Å². The van der Waals surface area contributed by atoms with Gasteiger partial charge >= 0.3 is 5.97 Å². The van der Waals surface area contributed by atoms with Crippen LogP contribution in [0.1, 0.15) is 67.7 Å². The van der Waals surface area contributed by atoms with E-state index in [4.69, 9.17) is 9.47 Å². The summed E-state index contributed by atoms with van der Waals surface area (Å²) in [5.74, 6) is -0.341. The Balaban J connectivity index is 0.0000102. The van der Waals surface area contributed by atoms with E-state index in [2.05, 4.69) is 31.9 Å². The summed E-state index contributed by atoms with van der Waals surface area (Å²) >= 11 is 0. The van der Waals surface area contributed by atoms with Gasteiger partial charge in [0.1, 0.15) is 0 Å². The van der Waals surface area contributed by atoms with Crippen LogP contribution >= 0.6 is 12.4 Å². The molecule has 3 unspecified atom stereocenters. The van der Waals surface area contributed by atoms with Gasteiger partial charge in [-0.3, -0.25) is 9.69 Å². The molecule has 1 aliphatic rings. The van der Waals surface area contributed by atoms with Crippen molar-refractivity contribution < 1.29 is 19.1 Å². The Kier molecular flexibility index (Phi) is 13.9. The van der Waals surface area contributed by atoms with Gasteiger partial charge in [-0.05, 0) is 53.0 Å². The molecule has 0 aliphatic heterocycles. The fourth-order valence-electron chi connectivity index (χ4n) is 4.60. The zero-order chi connectivity index (χ0) is 24.5. The molecule has 7 heteroatoms. The molecule has 6 nitrogen and oxygen atoms in total. The van der Waals surface area contributed by atoms with Crippen molar-refractivity contribution in [2.45, 2.75) is 97.6 Å². The first-order chi connectivity index (χ1) is 15.0. The molecule has 0 fully saturated rings. The van der Waals surface area contributed by atoms with Crippen molar-refractivity contribution >= 4 is 24.3 Å². The van der Waals surface area contributed by atoms with Crippen molar-refractivity contribution in [2.75, 3.05) is 19.7 Å². The molecule has 1 amide bonds. The maximum atomic E-state index is 13.0. The molecule has 3 atom stereocenters. The van der Waals surface area contributed by atoms with Gasteiger partial charge in [0.25, 0.3) is 0 Å². The maximum absolute atomic E-state index is 13.0. The van der Waals surface area contributed by atoms with E-state index in [0.29, 0.717) is 31.7 Å². The molecule has 1 aliphatic carbocycles. The van der Waals surface area contributed by atoms with Gasteiger partial charge in [-0.1, -0.05) is 26.0 Å². The van der Waals surface area contributed by atoms with Crippen LogP contribution in [-0.4, -0.2) is 71.2 Å². The largest absolute Gasteiger partial charge is 0.463 e. The first-order valence-electron chi connectivity index (χ1n) is 11.8. The Morgan fingerprint density at radius 3 is 2.09 bits per heavy atom. The predicted molar refractivity (Wildman–Crippen MR) is 138 cm³/mol. The second kappa shape index (κ2) is 14.6. The standard InChI is InChI=1S/C26H44N2O4.ClH/c1-10-15-27(16-11-2)22-17-20(25(30)31-14-5)18-23(32-21(12-3)13-4)24(22)28(19(6)29)26(7,8)9;/h10-11,18,21-24H,1-2,12-17H2,3-9H3;1H. The highest BCUT2D eigenvalue weighted by atomic mass is 35.5. The van der Waals surface area contributed by atoms with Gasteiger partial charge in [-0.2, -0.15) is 0 Å². The number of carbonyl (C=O) groups is 2. The third-order valence-corrected chi connectivity index (χ3v) is 5.88. The molecule has 0 N–H and O–H groups in total. The van der Waals surface area contributed by atoms with Gasteiger partial charge in [0.05, 0.1) is 24.9 Å². The first-order valence-corrected chi connectivity index (χ1v) is 11.8. The van der Waals surface area contributed by atoms with Gasteiger partial charge < -0.3 is 14.4 Å². The molecule has 0 spiro atoms. The third kappa shape index (κ3) is 8.58. The van der Waals surface area contributed by atoms with Crippen molar-refractivity contribution in [3.8, 4) is 0 Å². The fourth-order valence-corrected chi connectivity index (χ4v) is 4.60. The van der Waals surface area contributed by atoms with Crippen molar-refractivity contribution in [1.29, 1.82) is 0 Å². The van der Waals surface area contributed by atoms with Crippen LogP contribution < -0.4 is 0 Å². The highest BCUT2D eigenvalue weighted by molar-refractivity contribution is 5.89. The van der Waals surface area contributed by atoms with Crippen LogP contribution in [0.15, 0.2) is 37.0 Å². The van der Waals surface area contributed by atoms with E-state index in [1.807, 2.05) is 43.9 Å². The number of amides is 1. The Morgan fingerprint density at radius 2 is 1.70 bits per heavy atom. The summed E-state index contributed by atoms with van der Waals surface area (Å²) in [6.45, 7) is 23.1. The van der Waals surface area contributed by atoms with Gasteiger partial charge in [0.15, 0.2) is 0 Å². The number of esters is 1. The highest BCUT2D eigenvalue weighted by Crippen LogP contribution is 2.34. The number of rotatable bonds is 12. The van der Waals surface area contributed by atoms with E-state index < -0.39 is 11.6 Å². The normalized spacial score (nSPS) is 20.6. The number of nitrogens with zero attached hydrogens (tertiary/aromatic N) is 2. The lowest BCUT2D eigenvalue weighted by molar-refractivity contribution is -0.149. The minimum absolute atomic E-state index is 0. The minimum Gasteiger partial charge on any atom is -0.463 e. The van der Waals surface area contributed by atoms with Crippen LogP contribution in [0.5, 0.6) is 0 Å². The number of hydrogen-bond donors (Lipinski definition) is 0. The Labute approximate surface area is 207 Å². The number of halogens is 1. The summed E-state index contributed by atoms with van der Waals surface area (Å²) in [4.78, 5) is 29.9. The van der Waals surface area contributed by atoms with Crippen LogP contribution in [0, 0.1) is 0 Å². The number of carbonyl (C=O) groups excluding carboxylic acids is 2. The smallest absolute Gasteiger partial charge is 0.333 e. The second-order valence-corrected chi connectivity index (χ2v) is 9.30. The molecule has 0 bridgehead atoms. The fraction of sp³-hybridized carbons (Fsp3) is 0.692. The summed E-state index contributed by atoms with van der Waals surface area (Å²) in [6.07, 6.45) is 7.34. The second-order valence-electron chi connectivity index (χ2n) is 9.30. The topological polar surface area (TPSA) is 59.1 Å². The summed E-state index contributed by atoms with van der Waals surface area (Å²) in [7, 11) is 0. The molecule has 0 aromatic heterocycles. The van der Waals surface area contributed by atoms with Crippen LogP contribution in [-0.2, 0) is 19.1 Å². The van der Waals surface area contributed by atoms with E-state index in [1.165, 1.54) is 0 Å². The molecular weight excluding hydrogens is 440 g/mol. The molecule has 0 heterocycles. The van der Waals surface area contributed by atoms with E-state index in [1.54, 1.807) is 13.8 Å². The Hall–Kier alpha value is -1.63. The summed E-state index contributed by atoms with van der Waals surface area (Å²) in [6, 6.07) is -0.427. The average molecular weight is 485 g/mol. The van der Waals surface area contributed by atoms with Gasteiger partial charge in [0, 0.05) is 37.2 Å². The van der Waals surface area contributed by atoms with E-state index in [-0.39, 0.29) is 42.5 Å². The van der Waals surface area contributed by atoms with Crippen molar-refractivity contribution in [2.24, 2.45) is 0 Å². The lowest BCUT2D eigenvalue weighted by Crippen LogP contribution is -2.65. The van der Waals surface area contributed by atoms with Crippen molar-refractivity contribution in [3.63, 3.8) is 0 Å².